The van der Waals surface area contributed by atoms with Crippen LogP contribution in [0.25, 0.3) is 6.08 Å². The molecule has 2 heterocycles. The Balaban J connectivity index is 1.45. The molecule has 2 saturated heterocycles. The number of nitro groups is 1. The Bertz CT molecular complexity index is 1150. The molecule has 0 aliphatic carbocycles. The van der Waals surface area contributed by atoms with Crippen LogP contribution in [0.3, 0.4) is 0 Å². The summed E-state index contributed by atoms with van der Waals surface area (Å²) in [4.78, 5) is 51.2. The molecule has 0 aromatic heterocycles. The number of para-hydroxylation sites is 2. The summed E-state index contributed by atoms with van der Waals surface area (Å²) in [6.45, 7) is 2.14. The first kappa shape index (κ1) is 22.5. The SMILES string of the molecule is O=C(CN1C(=O)S/C(=C/c2cccc([N+](=O)[O-])c2)C1=O)Nc1ccccc1N1CCOCC1. The van der Waals surface area contributed by atoms with Gasteiger partial charge in [0.15, 0.2) is 0 Å². The lowest BCUT2D eigenvalue weighted by molar-refractivity contribution is -0.384. The number of amides is 3. The molecule has 2 aliphatic rings. The van der Waals surface area contributed by atoms with Gasteiger partial charge in [-0.2, -0.15) is 0 Å². The molecule has 2 aromatic rings. The number of nitrogens with one attached hydrogen (secondary N) is 1. The van der Waals surface area contributed by atoms with Gasteiger partial charge in [-0.15, -0.1) is 0 Å². The molecule has 0 atom stereocenters. The standard InChI is InChI=1S/C22H20N4O6S/c27-20(23-17-6-1-2-7-18(17)24-8-10-32-11-9-24)14-25-21(28)19(33-22(25)29)13-15-4-3-5-16(12-15)26(30)31/h1-7,12-13H,8-11,14H2,(H,23,27)/b19-13+. The van der Waals surface area contributed by atoms with Crippen LogP contribution in [0.1, 0.15) is 5.56 Å². The fourth-order valence-electron chi connectivity index (χ4n) is 3.51. The molecule has 1 N–H and O–H groups in total. The normalized spacial score (nSPS) is 17.5. The van der Waals surface area contributed by atoms with E-state index in [1.165, 1.54) is 24.3 Å². The van der Waals surface area contributed by atoms with Gasteiger partial charge in [0.2, 0.25) is 5.91 Å². The molecule has 4 rings (SSSR count). The third-order valence-electron chi connectivity index (χ3n) is 5.08. The predicted molar refractivity (Wildman–Crippen MR) is 124 cm³/mol. The number of non-ortho nitro benzene ring substituents is 1. The van der Waals surface area contributed by atoms with E-state index >= 15 is 0 Å². The number of carbonyl (C=O) groups is 3. The number of morpholine rings is 1. The molecule has 3 amide bonds. The van der Waals surface area contributed by atoms with Crippen LogP contribution in [-0.4, -0.2) is 59.7 Å². The molecule has 0 spiro atoms. The number of ether oxygens (including phenoxy) is 1. The minimum Gasteiger partial charge on any atom is -0.378 e. The lowest BCUT2D eigenvalue weighted by Crippen LogP contribution is -2.38. The second-order valence-corrected chi connectivity index (χ2v) is 8.28. The van der Waals surface area contributed by atoms with Crippen LogP contribution >= 0.6 is 11.8 Å². The van der Waals surface area contributed by atoms with Crippen molar-refractivity contribution in [3.05, 3.63) is 69.1 Å². The van der Waals surface area contributed by atoms with Crippen LogP contribution in [0.4, 0.5) is 21.9 Å². The van der Waals surface area contributed by atoms with Gasteiger partial charge in [0.1, 0.15) is 6.54 Å². The maximum Gasteiger partial charge on any atom is 0.294 e. The number of nitrogens with zero attached hydrogens (tertiary/aromatic N) is 3. The zero-order valence-electron chi connectivity index (χ0n) is 17.4. The number of carbonyl (C=O) groups excluding carboxylic acids is 3. The number of thioether (sulfide) groups is 1. The Hall–Kier alpha value is -3.70. The van der Waals surface area contributed by atoms with Crippen molar-refractivity contribution in [1.82, 2.24) is 4.90 Å². The molecule has 33 heavy (non-hydrogen) atoms. The van der Waals surface area contributed by atoms with Gasteiger partial charge >= 0.3 is 0 Å². The Morgan fingerprint density at radius 3 is 2.67 bits per heavy atom. The van der Waals surface area contributed by atoms with Crippen molar-refractivity contribution in [2.24, 2.45) is 0 Å². The molecule has 0 radical (unpaired) electrons. The lowest BCUT2D eigenvalue weighted by atomic mass is 10.2. The maximum absolute atomic E-state index is 12.7. The van der Waals surface area contributed by atoms with E-state index in [1.807, 2.05) is 12.1 Å². The molecule has 0 bridgehead atoms. The summed E-state index contributed by atoms with van der Waals surface area (Å²) in [5.41, 5.74) is 1.72. The highest BCUT2D eigenvalue weighted by Gasteiger charge is 2.36. The van der Waals surface area contributed by atoms with E-state index in [9.17, 15) is 24.5 Å². The molecule has 2 aliphatic heterocycles. The van der Waals surface area contributed by atoms with E-state index in [2.05, 4.69) is 10.2 Å². The highest BCUT2D eigenvalue weighted by molar-refractivity contribution is 8.18. The van der Waals surface area contributed by atoms with Crippen molar-refractivity contribution in [3.8, 4) is 0 Å². The highest BCUT2D eigenvalue weighted by Crippen LogP contribution is 2.33. The summed E-state index contributed by atoms with van der Waals surface area (Å²) in [6, 6.07) is 13.0. The number of anilines is 2. The van der Waals surface area contributed by atoms with Crippen LogP contribution in [0, 0.1) is 10.1 Å². The van der Waals surface area contributed by atoms with Gasteiger partial charge in [-0.05, 0) is 35.5 Å². The zero-order chi connectivity index (χ0) is 23.4. The van der Waals surface area contributed by atoms with E-state index in [0.717, 1.165) is 10.6 Å². The number of nitro benzene ring substituents is 1. The Kier molecular flexibility index (Phi) is 6.71. The van der Waals surface area contributed by atoms with E-state index < -0.39 is 28.5 Å². The van der Waals surface area contributed by atoms with Crippen molar-refractivity contribution in [1.29, 1.82) is 0 Å². The average molecular weight is 468 g/mol. The summed E-state index contributed by atoms with van der Waals surface area (Å²) in [5.74, 6) is -1.12. The molecule has 2 fully saturated rings. The third-order valence-corrected chi connectivity index (χ3v) is 5.99. The minimum atomic E-state index is -0.617. The Morgan fingerprint density at radius 1 is 1.15 bits per heavy atom. The maximum atomic E-state index is 12.7. The van der Waals surface area contributed by atoms with Crippen molar-refractivity contribution >= 4 is 52.0 Å². The third kappa shape index (κ3) is 5.21. The second-order valence-electron chi connectivity index (χ2n) is 7.28. The molecule has 2 aromatic carbocycles. The van der Waals surface area contributed by atoms with Gasteiger partial charge in [-0.3, -0.25) is 29.4 Å². The fraction of sp³-hybridized carbons (Fsp3) is 0.227. The quantitative estimate of drug-likeness (QED) is 0.390. The van der Waals surface area contributed by atoms with Gasteiger partial charge in [0.25, 0.3) is 16.8 Å². The van der Waals surface area contributed by atoms with Crippen LogP contribution in [0.5, 0.6) is 0 Å². The first-order valence-electron chi connectivity index (χ1n) is 10.1. The van der Waals surface area contributed by atoms with Crippen LogP contribution < -0.4 is 10.2 Å². The van der Waals surface area contributed by atoms with Gasteiger partial charge in [-0.25, -0.2) is 0 Å². The topological polar surface area (TPSA) is 122 Å². The zero-order valence-corrected chi connectivity index (χ0v) is 18.2. The number of benzene rings is 2. The average Bonchev–Trinajstić information content (AvgIpc) is 3.07. The van der Waals surface area contributed by atoms with Crippen LogP contribution in [-0.2, 0) is 14.3 Å². The second kappa shape index (κ2) is 9.84. The number of rotatable bonds is 6. The summed E-state index contributed by atoms with van der Waals surface area (Å²) in [5, 5.41) is 13.2. The Morgan fingerprint density at radius 2 is 1.91 bits per heavy atom. The predicted octanol–water partition coefficient (Wildman–Crippen LogP) is 3.11. The van der Waals surface area contributed by atoms with E-state index in [-0.39, 0.29) is 10.6 Å². The van der Waals surface area contributed by atoms with Crippen molar-refractivity contribution in [2.75, 3.05) is 43.1 Å². The minimum absolute atomic E-state index is 0.0991. The van der Waals surface area contributed by atoms with E-state index in [1.54, 1.807) is 18.2 Å². The van der Waals surface area contributed by atoms with Crippen molar-refractivity contribution < 1.29 is 24.0 Å². The summed E-state index contributed by atoms with van der Waals surface area (Å²) < 4.78 is 5.37. The number of imide groups is 1. The van der Waals surface area contributed by atoms with Gasteiger partial charge in [0.05, 0.1) is 34.4 Å². The summed E-state index contributed by atoms with van der Waals surface area (Å²) in [6.07, 6.45) is 1.41. The number of hydrogen-bond donors (Lipinski definition) is 1. The first-order valence-corrected chi connectivity index (χ1v) is 11.0. The van der Waals surface area contributed by atoms with Crippen molar-refractivity contribution in [3.63, 3.8) is 0 Å². The lowest BCUT2D eigenvalue weighted by Gasteiger charge is -2.30. The van der Waals surface area contributed by atoms with E-state index in [0.29, 0.717) is 49.3 Å². The molecular weight excluding hydrogens is 448 g/mol. The van der Waals surface area contributed by atoms with Gasteiger partial charge < -0.3 is 15.0 Å². The molecule has 11 heteroatoms. The van der Waals surface area contributed by atoms with Crippen LogP contribution in [0.2, 0.25) is 0 Å². The molecule has 0 saturated carbocycles. The van der Waals surface area contributed by atoms with Crippen LogP contribution in [0.15, 0.2) is 53.4 Å². The molecule has 0 unspecified atom stereocenters. The highest BCUT2D eigenvalue weighted by atomic mass is 32.2. The van der Waals surface area contributed by atoms with Crippen molar-refractivity contribution in [2.45, 2.75) is 0 Å². The first-order chi connectivity index (χ1) is 15.9. The van der Waals surface area contributed by atoms with Gasteiger partial charge in [0, 0.05) is 25.2 Å². The summed E-state index contributed by atoms with van der Waals surface area (Å²) in [7, 11) is 0. The van der Waals surface area contributed by atoms with E-state index in [4.69, 9.17) is 4.74 Å². The molecule has 10 nitrogen and oxygen atoms in total. The molecular formula is C22H20N4O6S. The summed E-state index contributed by atoms with van der Waals surface area (Å²) >= 11 is 0.692. The molecule has 170 valence electrons. The fourth-order valence-corrected chi connectivity index (χ4v) is 4.35. The Labute approximate surface area is 193 Å². The monoisotopic (exact) mass is 468 g/mol. The smallest absolute Gasteiger partial charge is 0.294 e. The van der Waals surface area contributed by atoms with Gasteiger partial charge in [-0.1, -0.05) is 24.3 Å². The number of hydrogen-bond acceptors (Lipinski definition) is 8. The largest absolute Gasteiger partial charge is 0.378 e.